The van der Waals surface area contributed by atoms with Crippen LogP contribution in [0, 0.1) is 0 Å². The molecule has 0 radical (unpaired) electrons. The highest BCUT2D eigenvalue weighted by Gasteiger charge is 2.51. The van der Waals surface area contributed by atoms with Crippen molar-refractivity contribution in [3.05, 3.63) is 18.2 Å². The van der Waals surface area contributed by atoms with Gasteiger partial charge in [-0.3, -0.25) is 0 Å². The second kappa shape index (κ2) is 4.92. The summed E-state index contributed by atoms with van der Waals surface area (Å²) in [6.07, 6.45) is 2.67. The fraction of sp³-hybridized carbons (Fsp3) is 0.625. The van der Waals surface area contributed by atoms with Crippen molar-refractivity contribution in [2.75, 3.05) is 12.4 Å². The van der Waals surface area contributed by atoms with E-state index in [-0.39, 0.29) is 18.3 Å². The number of ether oxygens (including phenoxy) is 1. The van der Waals surface area contributed by atoms with Crippen LogP contribution < -0.4 is 15.5 Å². The molecular formula is C16H24BNO3. The Hall–Kier alpha value is -1.20. The van der Waals surface area contributed by atoms with E-state index in [0.717, 1.165) is 29.7 Å². The third-order valence-electron chi connectivity index (χ3n) is 4.57. The molecule has 0 unspecified atom stereocenters. The summed E-state index contributed by atoms with van der Waals surface area (Å²) in [5, 5.41) is 3.18. The van der Waals surface area contributed by atoms with E-state index in [4.69, 9.17) is 14.0 Å². The molecular weight excluding hydrogens is 265 g/mol. The molecule has 1 saturated heterocycles. The molecule has 1 N–H and O–H groups in total. The second-order valence-electron chi connectivity index (χ2n) is 6.95. The van der Waals surface area contributed by atoms with E-state index >= 15 is 0 Å². The lowest BCUT2D eigenvalue weighted by Gasteiger charge is -2.32. The van der Waals surface area contributed by atoms with Gasteiger partial charge in [-0.2, -0.15) is 0 Å². The van der Waals surface area contributed by atoms with Gasteiger partial charge >= 0.3 is 7.12 Å². The Morgan fingerprint density at radius 3 is 2.24 bits per heavy atom. The molecule has 3 rings (SSSR count). The first-order valence-electron chi connectivity index (χ1n) is 7.66. The lowest BCUT2D eigenvalue weighted by Crippen LogP contribution is -2.41. The summed E-state index contributed by atoms with van der Waals surface area (Å²) < 4.78 is 18.2. The van der Waals surface area contributed by atoms with Gasteiger partial charge in [0.1, 0.15) is 5.75 Å². The molecule has 114 valence electrons. The highest BCUT2D eigenvalue weighted by molar-refractivity contribution is 6.62. The van der Waals surface area contributed by atoms with Gasteiger partial charge in [-0.1, -0.05) is 0 Å². The quantitative estimate of drug-likeness (QED) is 0.865. The van der Waals surface area contributed by atoms with Crippen molar-refractivity contribution < 1.29 is 14.0 Å². The van der Waals surface area contributed by atoms with Crippen molar-refractivity contribution in [3.8, 4) is 5.75 Å². The zero-order chi connectivity index (χ0) is 15.3. The zero-order valence-electron chi connectivity index (χ0n) is 13.5. The molecule has 1 aliphatic heterocycles. The topological polar surface area (TPSA) is 39.7 Å². The molecule has 0 atom stereocenters. The average molecular weight is 289 g/mol. The van der Waals surface area contributed by atoms with Crippen LogP contribution in [0.25, 0.3) is 0 Å². The van der Waals surface area contributed by atoms with Crippen LogP contribution in [-0.4, -0.2) is 31.5 Å². The Labute approximate surface area is 127 Å². The number of hydrogen-bond donors (Lipinski definition) is 1. The summed E-state index contributed by atoms with van der Waals surface area (Å²) in [6, 6.07) is 6.11. The van der Waals surface area contributed by atoms with Gasteiger partial charge in [0.05, 0.1) is 17.3 Å². The largest absolute Gasteiger partial charge is 0.495 e. The van der Waals surface area contributed by atoms with Crippen molar-refractivity contribution in [2.24, 2.45) is 0 Å². The van der Waals surface area contributed by atoms with Crippen LogP contribution in [-0.2, 0) is 9.31 Å². The monoisotopic (exact) mass is 289 g/mol. The van der Waals surface area contributed by atoms with Gasteiger partial charge in [0, 0.05) is 18.8 Å². The molecule has 21 heavy (non-hydrogen) atoms. The molecule has 1 heterocycles. The molecule has 0 spiro atoms. The summed E-state index contributed by atoms with van der Waals surface area (Å²) in [4.78, 5) is 0. The molecule has 4 nitrogen and oxygen atoms in total. The molecule has 0 amide bonds. The normalized spacial score (nSPS) is 23.2. The molecule has 2 aliphatic rings. The van der Waals surface area contributed by atoms with Gasteiger partial charge in [0.2, 0.25) is 0 Å². The summed E-state index contributed by atoms with van der Waals surface area (Å²) in [5.41, 5.74) is 1.35. The predicted octanol–water partition coefficient (Wildman–Crippen LogP) is 2.57. The van der Waals surface area contributed by atoms with Crippen LogP contribution in [0.3, 0.4) is 0 Å². The maximum absolute atomic E-state index is 6.12. The fourth-order valence-corrected chi connectivity index (χ4v) is 2.33. The lowest BCUT2D eigenvalue weighted by molar-refractivity contribution is 0.00578. The standard InChI is InChI=1S/C16H24BNO3/c1-15(2)16(3,4)21-17(20-15)11-8-12(18-5)10-14(9-11)19-13-6-7-13/h8-10,13,18H,6-7H2,1-5H3. The number of rotatable bonds is 4. The maximum Gasteiger partial charge on any atom is 0.495 e. The second-order valence-corrected chi connectivity index (χ2v) is 6.95. The Kier molecular flexibility index (Phi) is 3.45. The zero-order valence-corrected chi connectivity index (χ0v) is 13.5. The fourth-order valence-electron chi connectivity index (χ4n) is 2.33. The summed E-state index contributed by atoms with van der Waals surface area (Å²) in [6.45, 7) is 8.26. The van der Waals surface area contributed by atoms with Gasteiger partial charge < -0.3 is 19.4 Å². The molecule has 5 heteroatoms. The first kappa shape index (κ1) is 14.7. The van der Waals surface area contributed by atoms with Gasteiger partial charge in [0.25, 0.3) is 0 Å². The van der Waals surface area contributed by atoms with E-state index < -0.39 is 0 Å². The van der Waals surface area contributed by atoms with Gasteiger partial charge in [-0.05, 0) is 58.1 Å². The minimum Gasteiger partial charge on any atom is -0.490 e. The van der Waals surface area contributed by atoms with Crippen LogP contribution in [0.4, 0.5) is 5.69 Å². The number of nitrogens with one attached hydrogen (secondary N) is 1. The molecule has 0 bridgehead atoms. The minimum atomic E-state index is -0.357. The Morgan fingerprint density at radius 2 is 1.71 bits per heavy atom. The Bertz CT molecular complexity index is 524. The van der Waals surface area contributed by atoms with Crippen LogP contribution >= 0.6 is 0 Å². The number of anilines is 1. The molecule has 1 saturated carbocycles. The van der Waals surface area contributed by atoms with Crippen molar-refractivity contribution in [3.63, 3.8) is 0 Å². The Morgan fingerprint density at radius 1 is 1.10 bits per heavy atom. The van der Waals surface area contributed by atoms with E-state index in [1.54, 1.807) is 0 Å². The van der Waals surface area contributed by atoms with Crippen LogP contribution in [0.1, 0.15) is 40.5 Å². The first-order valence-corrected chi connectivity index (χ1v) is 7.66. The average Bonchev–Trinajstić information content (AvgIpc) is 3.16. The predicted molar refractivity (Wildman–Crippen MR) is 85.4 cm³/mol. The number of benzene rings is 1. The van der Waals surface area contributed by atoms with Crippen molar-refractivity contribution in [1.29, 1.82) is 0 Å². The van der Waals surface area contributed by atoms with E-state index in [0.29, 0.717) is 6.10 Å². The van der Waals surface area contributed by atoms with Gasteiger partial charge in [-0.25, -0.2) is 0 Å². The van der Waals surface area contributed by atoms with E-state index in [2.05, 4.69) is 39.1 Å². The van der Waals surface area contributed by atoms with Gasteiger partial charge in [-0.15, -0.1) is 0 Å². The van der Waals surface area contributed by atoms with Crippen molar-refractivity contribution in [2.45, 2.75) is 57.8 Å². The molecule has 2 fully saturated rings. The SMILES string of the molecule is CNc1cc(OC2CC2)cc(B2OC(C)(C)C(C)(C)O2)c1. The minimum absolute atomic E-state index is 0.329. The molecule has 1 aliphatic carbocycles. The smallest absolute Gasteiger partial charge is 0.490 e. The van der Waals surface area contributed by atoms with Crippen LogP contribution in [0.5, 0.6) is 5.75 Å². The molecule has 1 aromatic rings. The van der Waals surface area contributed by atoms with E-state index in [1.807, 2.05) is 19.2 Å². The number of hydrogen-bond acceptors (Lipinski definition) is 4. The van der Waals surface area contributed by atoms with Crippen molar-refractivity contribution in [1.82, 2.24) is 0 Å². The summed E-state index contributed by atoms with van der Waals surface area (Å²) >= 11 is 0. The third kappa shape index (κ3) is 2.90. The maximum atomic E-state index is 6.12. The Balaban J connectivity index is 1.87. The lowest BCUT2D eigenvalue weighted by atomic mass is 9.79. The van der Waals surface area contributed by atoms with E-state index in [9.17, 15) is 0 Å². The summed E-state index contributed by atoms with van der Waals surface area (Å²) in [7, 11) is 1.55. The third-order valence-corrected chi connectivity index (χ3v) is 4.57. The summed E-state index contributed by atoms with van der Waals surface area (Å²) in [5.74, 6) is 0.883. The van der Waals surface area contributed by atoms with Crippen LogP contribution in [0.15, 0.2) is 18.2 Å². The highest BCUT2D eigenvalue weighted by atomic mass is 16.7. The molecule has 0 aromatic heterocycles. The van der Waals surface area contributed by atoms with E-state index in [1.165, 1.54) is 0 Å². The van der Waals surface area contributed by atoms with Crippen molar-refractivity contribution >= 4 is 18.3 Å². The first-order chi connectivity index (χ1) is 9.80. The highest BCUT2D eigenvalue weighted by Crippen LogP contribution is 2.37. The van der Waals surface area contributed by atoms with Gasteiger partial charge in [0.15, 0.2) is 0 Å². The molecule has 1 aromatic carbocycles. The van der Waals surface area contributed by atoms with Crippen LogP contribution in [0.2, 0.25) is 0 Å².